The smallest absolute Gasteiger partial charge is 0.410 e. The molecule has 0 heterocycles. The zero-order valence-corrected chi connectivity index (χ0v) is 58.7. The van der Waals surface area contributed by atoms with Crippen molar-refractivity contribution in [3.05, 3.63) is 119 Å². The maximum atomic E-state index is 6.71. The van der Waals surface area contributed by atoms with E-state index in [1.54, 1.807) is 18.0 Å². The molecule has 0 radical (unpaired) electrons. The van der Waals surface area contributed by atoms with Crippen LogP contribution in [0.15, 0.2) is 112 Å². The van der Waals surface area contributed by atoms with Crippen LogP contribution in [0, 0.1) is 11.8 Å². The largest absolute Gasteiger partial charge is 0.492 e. The Hall–Kier alpha value is -4.24. The Morgan fingerprint density at radius 2 is 0.824 bits per heavy atom. The van der Waals surface area contributed by atoms with Gasteiger partial charge in [0.15, 0.2) is 0 Å². The number of rotatable bonds is 43. The molecule has 0 aliphatic heterocycles. The maximum Gasteiger partial charge on any atom is 0.410 e. The molecule has 0 spiro atoms. The SMILES string of the molecule is CC#Cc1ccc(N(CC)CCOc2ccc(/C=N\N(C)P(=S)(Oc3ccc(/C=N\N(C)P(=S)(CCCN(CC)CC)NCCN(CC)CC)cc3)Oc3ccc(/C=N\N(C)P(=S)(CCCN(CC)CC)NCCN(CC)CC)cc3)cc2)cc1. The first-order chi connectivity index (χ1) is 41.0. The van der Waals surface area contributed by atoms with Crippen molar-refractivity contribution in [2.24, 2.45) is 15.3 Å². The van der Waals surface area contributed by atoms with Crippen molar-refractivity contribution in [2.75, 3.05) is 150 Å². The minimum Gasteiger partial charge on any atom is -0.492 e. The van der Waals surface area contributed by atoms with Gasteiger partial charge in [-0.05, 0) is 206 Å². The van der Waals surface area contributed by atoms with Crippen molar-refractivity contribution >= 4 is 79.1 Å². The predicted molar refractivity (Wildman–Crippen MR) is 378 cm³/mol. The second-order valence-corrected chi connectivity index (χ2v) is 32.8. The van der Waals surface area contributed by atoms with Gasteiger partial charge in [-0.25, -0.2) is 4.78 Å². The van der Waals surface area contributed by atoms with Crippen molar-refractivity contribution in [1.29, 1.82) is 0 Å². The predicted octanol–water partition coefficient (Wildman–Crippen LogP) is 12.1. The van der Waals surface area contributed by atoms with Crippen LogP contribution in [0.25, 0.3) is 0 Å². The first kappa shape index (κ1) is 73.2. The molecule has 0 aromatic heterocycles. The van der Waals surface area contributed by atoms with Crippen molar-refractivity contribution in [1.82, 2.24) is 44.1 Å². The van der Waals surface area contributed by atoms with E-state index in [-0.39, 0.29) is 0 Å². The summed E-state index contributed by atoms with van der Waals surface area (Å²) < 4.78 is 25.2. The number of hydrazone groups is 3. The molecule has 2 unspecified atom stereocenters. The van der Waals surface area contributed by atoms with Gasteiger partial charge in [0.05, 0.1) is 25.2 Å². The molecule has 470 valence electrons. The molecule has 0 amide bonds. The third-order valence-corrected chi connectivity index (χ3v) is 26.5. The highest BCUT2D eigenvalue weighted by Gasteiger charge is 2.29. The summed E-state index contributed by atoms with van der Waals surface area (Å²) in [5.74, 6) is 7.91. The van der Waals surface area contributed by atoms with E-state index in [0.29, 0.717) is 18.1 Å². The van der Waals surface area contributed by atoms with Gasteiger partial charge >= 0.3 is 6.64 Å². The highest BCUT2D eigenvalue weighted by Crippen LogP contribution is 2.52. The summed E-state index contributed by atoms with van der Waals surface area (Å²) in [6, 6.07) is 31.6. The van der Waals surface area contributed by atoms with Gasteiger partial charge in [-0.2, -0.15) is 15.3 Å². The van der Waals surface area contributed by atoms with Gasteiger partial charge in [0, 0.05) is 89.2 Å². The van der Waals surface area contributed by atoms with Crippen LogP contribution in [0.4, 0.5) is 5.69 Å². The highest BCUT2D eigenvalue weighted by molar-refractivity contribution is 8.12. The van der Waals surface area contributed by atoms with Gasteiger partial charge in [-0.1, -0.05) is 84.9 Å². The summed E-state index contributed by atoms with van der Waals surface area (Å²) in [6.07, 6.45) is 4.82. The quantitative estimate of drug-likeness (QED) is 0.0189. The molecule has 4 aromatic rings. The van der Waals surface area contributed by atoms with Crippen LogP contribution in [-0.4, -0.2) is 197 Å². The number of nitrogens with one attached hydrogen (secondary N) is 2. The third-order valence-electron chi connectivity index (χ3n) is 15.0. The lowest BCUT2D eigenvalue weighted by atomic mass is 10.2. The summed E-state index contributed by atoms with van der Waals surface area (Å²) in [4.78, 5) is 12.0. The second-order valence-electron chi connectivity index (χ2n) is 20.4. The molecule has 0 aliphatic rings. The van der Waals surface area contributed by atoms with Gasteiger partial charge < -0.3 is 38.3 Å². The van der Waals surface area contributed by atoms with Crippen molar-refractivity contribution in [3.63, 3.8) is 0 Å². The summed E-state index contributed by atoms with van der Waals surface area (Å²) in [5.41, 5.74) is 4.79. The minimum atomic E-state index is -3.39. The van der Waals surface area contributed by atoms with E-state index in [9.17, 15) is 0 Å². The van der Waals surface area contributed by atoms with E-state index in [2.05, 4.69) is 133 Å². The Bertz CT molecular complexity index is 2640. The minimum absolute atomic E-state index is 0.527. The lowest BCUT2D eigenvalue weighted by molar-refractivity contribution is 0.304. The fraction of sp³-hybridized carbons (Fsp3) is 0.540. The number of anilines is 1. The average molecular weight is 1280 g/mol. The molecule has 2 atom stereocenters. The van der Waals surface area contributed by atoms with Gasteiger partial charge in [-0.3, -0.25) is 19.7 Å². The lowest BCUT2D eigenvalue weighted by Crippen LogP contribution is -2.34. The molecule has 22 heteroatoms. The van der Waals surface area contributed by atoms with Gasteiger partial charge in [0.1, 0.15) is 36.5 Å². The van der Waals surface area contributed by atoms with Gasteiger partial charge in [0.25, 0.3) is 0 Å². The molecule has 0 bridgehead atoms. The molecular formula is C63H102N13O3P3S3. The Balaban J connectivity index is 1.56. The van der Waals surface area contributed by atoms with Crippen LogP contribution in [0.5, 0.6) is 17.2 Å². The van der Waals surface area contributed by atoms with E-state index in [1.165, 1.54) is 0 Å². The number of hydrogen-bond donors (Lipinski definition) is 2. The summed E-state index contributed by atoms with van der Waals surface area (Å²) in [5, 5.41) is 22.3. The Kier molecular flexibility index (Phi) is 34.1. The number of ether oxygens (including phenoxy) is 1. The zero-order valence-electron chi connectivity index (χ0n) is 53.5. The molecule has 2 N–H and O–H groups in total. The molecule has 85 heavy (non-hydrogen) atoms. The number of likely N-dealkylation sites (N-methyl/N-ethyl adjacent to an activating group) is 3. The van der Waals surface area contributed by atoms with Crippen molar-refractivity contribution < 1.29 is 13.8 Å². The fourth-order valence-corrected chi connectivity index (χ4v) is 16.4. The van der Waals surface area contributed by atoms with Crippen LogP contribution in [0.1, 0.15) is 104 Å². The van der Waals surface area contributed by atoms with Crippen LogP contribution in [0.2, 0.25) is 0 Å². The van der Waals surface area contributed by atoms with Gasteiger partial charge in [-0.15, -0.1) is 5.92 Å². The Labute approximate surface area is 529 Å². The molecule has 16 nitrogen and oxygen atoms in total. The number of hydrogen-bond acceptors (Lipinski definition) is 14. The van der Waals surface area contributed by atoms with Crippen LogP contribution >= 0.6 is 19.3 Å². The van der Waals surface area contributed by atoms with Crippen LogP contribution < -0.4 is 28.9 Å². The number of benzene rings is 4. The molecule has 0 fully saturated rings. The summed E-state index contributed by atoms with van der Waals surface area (Å²) in [7, 11) is 5.80. The first-order valence-corrected chi connectivity index (χ1v) is 39.1. The molecular weight excluding hydrogens is 1180 g/mol. The lowest BCUT2D eigenvalue weighted by Gasteiger charge is -2.32. The molecule has 0 saturated heterocycles. The molecule has 4 rings (SSSR count). The maximum absolute atomic E-state index is 6.71. The van der Waals surface area contributed by atoms with E-state index in [0.717, 1.165) is 164 Å². The monoisotopic (exact) mass is 1280 g/mol. The molecule has 0 saturated carbocycles. The summed E-state index contributed by atoms with van der Waals surface area (Å²) >= 11 is 19.3. The van der Waals surface area contributed by atoms with Crippen molar-refractivity contribution in [3.8, 4) is 29.1 Å². The third kappa shape index (κ3) is 25.4. The standard InChI is InChI=1S/C63H102N13O3P3S3/c1-14-26-56-27-35-60(36-28-56)76(23-10)49-50-77-61-37-29-57(30-38-61)55-66-71(13)82(85,78-62-39-31-58(32-40-62)53-64-69(11)80(83,51-24-45-72(15-2)16-3)67-43-47-74(19-6)20-7)79-63-41-33-59(34-42-63)54-65-70(12)81(84,52-25-46-73(17-4)18-5)68-44-48-75(21-8)22-9/h27-42,53-55H,15-25,43-52H2,1-13H3,(H,67,83)(H,68,84)/b64-53-,65-54-,66-55-. The zero-order chi connectivity index (χ0) is 62.1. The molecule has 4 aromatic carbocycles. The van der Waals surface area contributed by atoms with Crippen LogP contribution in [0.3, 0.4) is 0 Å². The second kappa shape index (κ2) is 39.6. The van der Waals surface area contributed by atoms with E-state index < -0.39 is 19.3 Å². The van der Waals surface area contributed by atoms with E-state index in [4.69, 9.17) is 64.5 Å². The first-order valence-electron chi connectivity index (χ1n) is 30.6. The number of nitrogens with zero attached hydrogens (tertiary/aromatic N) is 11. The topological polar surface area (TPSA) is 115 Å². The fourth-order valence-electron chi connectivity index (χ4n) is 9.20. The van der Waals surface area contributed by atoms with Crippen LogP contribution in [-0.2, 0) is 35.4 Å². The Morgan fingerprint density at radius 1 is 0.459 bits per heavy atom. The van der Waals surface area contributed by atoms with Crippen molar-refractivity contribution in [2.45, 2.75) is 82.1 Å². The highest BCUT2D eigenvalue weighted by atomic mass is 32.5. The molecule has 0 aliphatic carbocycles. The average Bonchev–Trinajstić information content (AvgIpc) is 3.60. The van der Waals surface area contributed by atoms with Gasteiger partial charge in [0.2, 0.25) is 0 Å². The Morgan fingerprint density at radius 3 is 1.19 bits per heavy atom. The van der Waals surface area contributed by atoms with E-state index >= 15 is 0 Å². The summed E-state index contributed by atoms with van der Waals surface area (Å²) in [6.45, 7) is 34.0. The normalized spacial score (nSPS) is 14.0. The van der Waals surface area contributed by atoms with E-state index in [1.807, 2.05) is 116 Å².